The molecule has 0 N–H and O–H groups in total. The molecule has 0 saturated carbocycles. The minimum atomic E-state index is -4.48. The maximum atomic E-state index is 10.1. The summed E-state index contributed by atoms with van der Waals surface area (Å²) in [6.45, 7) is 11.5. The number of hydrogen-bond acceptors (Lipinski definition) is 4. The van der Waals surface area contributed by atoms with E-state index >= 15 is 0 Å². The molecule has 6 nitrogen and oxygen atoms in total. The van der Waals surface area contributed by atoms with Crippen LogP contribution < -0.4 is 4.57 Å². The van der Waals surface area contributed by atoms with Crippen molar-refractivity contribution in [2.45, 2.75) is 208 Å². The van der Waals surface area contributed by atoms with Crippen LogP contribution >= 0.6 is 0 Å². The summed E-state index contributed by atoms with van der Waals surface area (Å²) in [5, 5.41) is 0. The van der Waals surface area contributed by atoms with Gasteiger partial charge in [-0.15, -0.1) is 0 Å². The number of unbranched alkanes of at least 4 members (excludes halogenated alkanes) is 23. The second-order valence-electron chi connectivity index (χ2n) is 12.6. The molecule has 0 spiro atoms. The molecule has 0 unspecified atom stereocenters. The lowest BCUT2D eigenvalue weighted by Crippen LogP contribution is -2.35. The highest BCUT2D eigenvalue weighted by atomic mass is 32.3. The van der Waals surface area contributed by atoms with Crippen molar-refractivity contribution in [2.24, 2.45) is 0 Å². The smallest absolute Gasteiger partial charge is 0.253 e. The normalized spacial score (nSPS) is 11.6. The highest BCUT2D eigenvalue weighted by Crippen LogP contribution is 2.12. The predicted molar refractivity (Wildman–Crippen MR) is 182 cm³/mol. The van der Waals surface area contributed by atoms with Crippen molar-refractivity contribution in [3.8, 4) is 0 Å². The third-order valence-corrected chi connectivity index (χ3v) is 8.94. The molecular formula is C36H72N2O4S. The van der Waals surface area contributed by atoms with Crippen molar-refractivity contribution < 1.29 is 21.7 Å². The van der Waals surface area contributed by atoms with Gasteiger partial charge in [-0.3, -0.25) is 4.18 Å². The van der Waals surface area contributed by atoms with Gasteiger partial charge in [0.2, 0.25) is 10.4 Å². The van der Waals surface area contributed by atoms with Gasteiger partial charge in [0.05, 0.1) is 19.7 Å². The number of rotatable bonds is 30. The van der Waals surface area contributed by atoms with Crippen LogP contribution in [0.1, 0.15) is 194 Å². The van der Waals surface area contributed by atoms with Crippen molar-refractivity contribution >= 4 is 10.4 Å². The fraction of sp³-hybridized carbons (Fsp3) is 0.917. The van der Waals surface area contributed by atoms with Gasteiger partial charge in [-0.1, -0.05) is 156 Å². The largest absolute Gasteiger partial charge is 0.726 e. The zero-order valence-corrected chi connectivity index (χ0v) is 29.9. The fourth-order valence-corrected chi connectivity index (χ4v) is 5.92. The lowest BCUT2D eigenvalue weighted by molar-refractivity contribution is -0.702. The second kappa shape index (κ2) is 31.1. The summed E-state index contributed by atoms with van der Waals surface area (Å²) in [5.74, 6) is 1.44. The van der Waals surface area contributed by atoms with Crippen LogP contribution in [-0.2, 0) is 27.7 Å². The van der Waals surface area contributed by atoms with Crippen LogP contribution in [0.3, 0.4) is 0 Å². The van der Waals surface area contributed by atoms with Crippen molar-refractivity contribution in [1.82, 2.24) is 4.57 Å². The molecular weight excluding hydrogens is 556 g/mol. The summed E-state index contributed by atoms with van der Waals surface area (Å²) in [6.07, 6.45) is 38.7. The van der Waals surface area contributed by atoms with Crippen molar-refractivity contribution in [2.75, 3.05) is 6.61 Å². The first kappa shape index (κ1) is 42.1. The Kier molecular flexibility index (Phi) is 30.4. The van der Waals surface area contributed by atoms with E-state index in [0.29, 0.717) is 6.42 Å². The third kappa shape index (κ3) is 29.5. The minimum Gasteiger partial charge on any atom is -0.726 e. The molecule has 1 aromatic heterocycles. The lowest BCUT2D eigenvalue weighted by Gasteiger charge is -2.06. The van der Waals surface area contributed by atoms with Gasteiger partial charge in [0, 0.05) is 6.92 Å². The SMILES string of the molecule is CCCCCCCCCCCCOS(=O)(=O)[O-].CCCCCCCCCCn1cc[n+](CCCCCCCCCC)c1C. The number of aromatic nitrogens is 2. The second-order valence-corrected chi connectivity index (χ2v) is 13.6. The molecule has 0 aliphatic carbocycles. The number of nitrogens with zero attached hydrogens (tertiary/aromatic N) is 2. The molecule has 0 amide bonds. The van der Waals surface area contributed by atoms with Gasteiger partial charge in [0.15, 0.2) is 0 Å². The van der Waals surface area contributed by atoms with E-state index in [4.69, 9.17) is 0 Å². The molecule has 43 heavy (non-hydrogen) atoms. The average molecular weight is 629 g/mol. The van der Waals surface area contributed by atoms with E-state index in [1.165, 1.54) is 167 Å². The average Bonchev–Trinajstić information content (AvgIpc) is 3.33. The van der Waals surface area contributed by atoms with E-state index in [9.17, 15) is 13.0 Å². The zero-order valence-electron chi connectivity index (χ0n) is 29.1. The van der Waals surface area contributed by atoms with Gasteiger partial charge in [-0.2, -0.15) is 0 Å². The number of hydrogen-bond donors (Lipinski definition) is 0. The maximum absolute atomic E-state index is 10.1. The quantitative estimate of drug-likeness (QED) is 0.0367. The minimum absolute atomic E-state index is 0.0301. The summed E-state index contributed by atoms with van der Waals surface area (Å²) >= 11 is 0. The van der Waals surface area contributed by atoms with Gasteiger partial charge in [0.25, 0.3) is 5.82 Å². The molecule has 0 saturated heterocycles. The standard InChI is InChI=1S/C24H47N2.C12H26O4S/c1-4-6-8-10-12-14-16-18-20-25-22-23-26(24(25)3)21-19-17-15-13-11-9-7-5-2;1-2-3-4-5-6-7-8-9-10-11-12-16-17(13,14)15/h22-23H,4-21H2,1-3H3;2-12H2,1H3,(H,13,14,15)/q+1;/p-1. The Morgan fingerprint density at radius 3 is 1.40 bits per heavy atom. The Hall–Kier alpha value is -0.920. The molecule has 0 radical (unpaired) electrons. The van der Waals surface area contributed by atoms with Crippen LogP contribution in [0.5, 0.6) is 0 Å². The van der Waals surface area contributed by atoms with E-state index in [1.807, 2.05) is 0 Å². The molecule has 256 valence electrons. The van der Waals surface area contributed by atoms with Crippen LogP contribution in [0.4, 0.5) is 0 Å². The Morgan fingerprint density at radius 1 is 0.605 bits per heavy atom. The number of aryl methyl sites for hydroxylation is 2. The fourth-order valence-electron chi connectivity index (χ4n) is 5.60. The zero-order chi connectivity index (χ0) is 31.9. The summed E-state index contributed by atoms with van der Waals surface area (Å²) in [4.78, 5) is 0. The van der Waals surface area contributed by atoms with Crippen LogP contribution in [0.25, 0.3) is 0 Å². The Bertz CT molecular complexity index is 773. The van der Waals surface area contributed by atoms with E-state index < -0.39 is 10.4 Å². The van der Waals surface area contributed by atoms with Gasteiger partial charge in [0.1, 0.15) is 12.4 Å². The first-order valence-electron chi connectivity index (χ1n) is 18.5. The molecule has 1 heterocycles. The molecule has 0 bridgehead atoms. The summed E-state index contributed by atoms with van der Waals surface area (Å²) in [7, 11) is -4.48. The monoisotopic (exact) mass is 629 g/mol. The molecule has 0 aliphatic heterocycles. The van der Waals surface area contributed by atoms with Crippen molar-refractivity contribution in [1.29, 1.82) is 0 Å². The lowest BCUT2D eigenvalue weighted by atomic mass is 10.1. The Labute approximate surface area is 268 Å². The molecule has 1 aromatic rings. The molecule has 0 fully saturated rings. The first-order valence-corrected chi connectivity index (χ1v) is 19.8. The van der Waals surface area contributed by atoms with Gasteiger partial charge < -0.3 is 4.55 Å². The Morgan fingerprint density at radius 2 is 0.977 bits per heavy atom. The van der Waals surface area contributed by atoms with Crippen LogP contribution in [-0.4, -0.2) is 24.1 Å². The van der Waals surface area contributed by atoms with E-state index in [1.54, 1.807) is 0 Å². The molecule has 1 rings (SSSR count). The molecule has 7 heteroatoms. The molecule has 0 atom stereocenters. The van der Waals surface area contributed by atoms with Crippen LogP contribution in [0, 0.1) is 6.92 Å². The third-order valence-electron chi connectivity index (χ3n) is 8.49. The first-order chi connectivity index (χ1) is 20.9. The maximum Gasteiger partial charge on any atom is 0.253 e. The van der Waals surface area contributed by atoms with Crippen molar-refractivity contribution in [3.63, 3.8) is 0 Å². The van der Waals surface area contributed by atoms with E-state index in [0.717, 1.165) is 12.8 Å². The molecule has 0 aromatic carbocycles. The van der Waals surface area contributed by atoms with Gasteiger partial charge >= 0.3 is 0 Å². The van der Waals surface area contributed by atoms with Crippen LogP contribution in [0.2, 0.25) is 0 Å². The van der Waals surface area contributed by atoms with Gasteiger partial charge in [-0.25, -0.2) is 17.6 Å². The highest BCUT2D eigenvalue weighted by molar-refractivity contribution is 7.80. The Balaban J connectivity index is 0.000000901. The van der Waals surface area contributed by atoms with Crippen molar-refractivity contribution in [3.05, 3.63) is 18.2 Å². The summed E-state index contributed by atoms with van der Waals surface area (Å²) < 4.78 is 39.4. The predicted octanol–water partition coefficient (Wildman–Crippen LogP) is 10.7. The van der Waals surface area contributed by atoms with Gasteiger partial charge in [-0.05, 0) is 32.1 Å². The summed E-state index contributed by atoms with van der Waals surface area (Å²) in [6, 6.07) is 0. The van der Waals surface area contributed by atoms with Crippen LogP contribution in [0.15, 0.2) is 12.4 Å². The number of imidazole rings is 1. The van der Waals surface area contributed by atoms with E-state index in [-0.39, 0.29) is 6.61 Å². The highest BCUT2D eigenvalue weighted by Gasteiger charge is 2.11. The van der Waals surface area contributed by atoms with E-state index in [2.05, 4.69) is 53.4 Å². The molecule has 0 aliphatic rings. The summed E-state index contributed by atoms with van der Waals surface area (Å²) in [5.41, 5.74) is 0. The topological polar surface area (TPSA) is 75.2 Å².